The van der Waals surface area contributed by atoms with Gasteiger partial charge in [-0.3, -0.25) is 0 Å². The highest BCUT2D eigenvalue weighted by Gasteiger charge is 2.24. The molecule has 9 heteroatoms. The maximum atomic E-state index is 6.29. The number of ether oxygens (including phenoxy) is 2. The lowest BCUT2D eigenvalue weighted by molar-refractivity contribution is 0.177. The highest BCUT2D eigenvalue weighted by atomic mass is 16.5. The molecule has 5 rings (SSSR count). The van der Waals surface area contributed by atoms with Gasteiger partial charge in [0.1, 0.15) is 5.82 Å². The predicted octanol–water partition coefficient (Wildman–Crippen LogP) is 3.93. The summed E-state index contributed by atoms with van der Waals surface area (Å²) in [7, 11) is 3.90. The number of piperazine rings is 1. The molecule has 3 saturated heterocycles. The molecule has 0 saturated carbocycles. The number of aromatic nitrogens is 2. The van der Waals surface area contributed by atoms with E-state index in [9.17, 15) is 0 Å². The number of rotatable bonds is 10. The Labute approximate surface area is 234 Å². The Hall–Kier alpha value is -2.36. The fraction of sp³-hybridized carbons (Fsp3) is 0.733. The fourth-order valence-electron chi connectivity index (χ4n) is 6.06. The van der Waals surface area contributed by atoms with E-state index >= 15 is 0 Å². The number of hydrogen-bond acceptors (Lipinski definition) is 9. The molecule has 3 aliphatic heterocycles. The summed E-state index contributed by atoms with van der Waals surface area (Å²) in [6.07, 6.45) is 7.25. The third-order valence-electron chi connectivity index (χ3n) is 8.68. The van der Waals surface area contributed by atoms with Gasteiger partial charge in [0.15, 0.2) is 11.5 Å². The van der Waals surface area contributed by atoms with Gasteiger partial charge in [-0.25, -0.2) is 4.98 Å². The van der Waals surface area contributed by atoms with Crippen LogP contribution < -0.4 is 19.7 Å². The molecule has 0 amide bonds. The van der Waals surface area contributed by atoms with Gasteiger partial charge in [0.25, 0.3) is 0 Å². The van der Waals surface area contributed by atoms with Gasteiger partial charge in [-0.1, -0.05) is 6.42 Å². The van der Waals surface area contributed by atoms with Crippen molar-refractivity contribution in [2.45, 2.75) is 64.5 Å². The van der Waals surface area contributed by atoms with E-state index in [-0.39, 0.29) is 0 Å². The van der Waals surface area contributed by atoms with Crippen molar-refractivity contribution < 1.29 is 9.47 Å². The van der Waals surface area contributed by atoms with Gasteiger partial charge in [-0.05, 0) is 72.2 Å². The van der Waals surface area contributed by atoms with Crippen LogP contribution in [0.1, 0.15) is 52.4 Å². The first-order valence-corrected chi connectivity index (χ1v) is 15.2. The SMILES string of the molecule is COc1cc2c(NC3CCN(C(C)C)CC3)nc(N3CCN(C)CC3)nc2cc1OCCCN1CCCCC1. The maximum absolute atomic E-state index is 6.29. The molecule has 0 radical (unpaired) electrons. The van der Waals surface area contributed by atoms with Crippen molar-refractivity contribution >= 4 is 22.7 Å². The molecule has 0 atom stereocenters. The van der Waals surface area contributed by atoms with Crippen molar-refractivity contribution in [3.05, 3.63) is 12.1 Å². The summed E-state index contributed by atoms with van der Waals surface area (Å²) in [4.78, 5) is 19.9. The van der Waals surface area contributed by atoms with Crippen LogP contribution in [0, 0.1) is 0 Å². The van der Waals surface area contributed by atoms with E-state index in [1.807, 2.05) is 0 Å². The molecule has 9 nitrogen and oxygen atoms in total. The number of fused-ring (bicyclic) bond motifs is 1. The van der Waals surface area contributed by atoms with E-state index in [0.717, 1.165) is 99.2 Å². The second kappa shape index (κ2) is 13.3. The molecule has 0 bridgehead atoms. The molecule has 1 aromatic heterocycles. The highest BCUT2D eigenvalue weighted by molar-refractivity contribution is 5.93. The van der Waals surface area contributed by atoms with E-state index in [1.54, 1.807) is 7.11 Å². The minimum absolute atomic E-state index is 0.398. The van der Waals surface area contributed by atoms with Crippen molar-refractivity contribution in [1.29, 1.82) is 0 Å². The van der Waals surface area contributed by atoms with Gasteiger partial charge in [0.05, 0.1) is 19.2 Å². The Balaban J connectivity index is 1.36. The van der Waals surface area contributed by atoms with E-state index in [4.69, 9.17) is 19.4 Å². The highest BCUT2D eigenvalue weighted by Crippen LogP contribution is 2.36. The lowest BCUT2D eigenvalue weighted by Gasteiger charge is -2.35. The second-order valence-corrected chi connectivity index (χ2v) is 11.8. The Morgan fingerprint density at radius 3 is 2.36 bits per heavy atom. The first-order chi connectivity index (χ1) is 19.0. The normalized spacial score (nSPS) is 20.6. The molecule has 39 heavy (non-hydrogen) atoms. The maximum Gasteiger partial charge on any atom is 0.227 e. The van der Waals surface area contributed by atoms with Crippen LogP contribution >= 0.6 is 0 Å². The smallest absolute Gasteiger partial charge is 0.227 e. The lowest BCUT2D eigenvalue weighted by Crippen LogP contribution is -2.45. The molecule has 0 unspecified atom stereocenters. The summed E-state index contributed by atoms with van der Waals surface area (Å²) in [5, 5.41) is 4.81. The van der Waals surface area contributed by atoms with Crippen molar-refractivity contribution in [3.63, 3.8) is 0 Å². The predicted molar refractivity (Wildman–Crippen MR) is 160 cm³/mol. The largest absolute Gasteiger partial charge is 0.493 e. The van der Waals surface area contributed by atoms with Crippen LogP contribution in [0.25, 0.3) is 10.9 Å². The second-order valence-electron chi connectivity index (χ2n) is 11.8. The number of likely N-dealkylation sites (N-methyl/N-ethyl adjacent to an activating group) is 1. The van der Waals surface area contributed by atoms with Crippen molar-refractivity contribution in [2.24, 2.45) is 0 Å². The van der Waals surface area contributed by atoms with Crippen LogP contribution in [0.4, 0.5) is 11.8 Å². The molecule has 3 aliphatic rings. The van der Waals surface area contributed by atoms with Crippen LogP contribution in [0.5, 0.6) is 11.5 Å². The zero-order valence-electron chi connectivity index (χ0n) is 24.6. The van der Waals surface area contributed by atoms with E-state index in [2.05, 4.69) is 57.9 Å². The minimum atomic E-state index is 0.398. The summed E-state index contributed by atoms with van der Waals surface area (Å²) in [6, 6.07) is 5.12. The lowest BCUT2D eigenvalue weighted by atomic mass is 10.0. The van der Waals surface area contributed by atoms with Gasteiger partial charge >= 0.3 is 0 Å². The van der Waals surface area contributed by atoms with Gasteiger partial charge in [-0.15, -0.1) is 0 Å². The van der Waals surface area contributed by atoms with Crippen LogP contribution in [0.15, 0.2) is 12.1 Å². The summed E-state index contributed by atoms with van der Waals surface area (Å²) in [5.74, 6) is 3.22. The first-order valence-electron chi connectivity index (χ1n) is 15.2. The minimum Gasteiger partial charge on any atom is -0.493 e. The number of piperidine rings is 2. The third kappa shape index (κ3) is 7.24. The Morgan fingerprint density at radius 2 is 1.67 bits per heavy atom. The summed E-state index contributed by atoms with van der Waals surface area (Å²) in [5.41, 5.74) is 0.910. The Kier molecular flexibility index (Phi) is 9.63. The van der Waals surface area contributed by atoms with Gasteiger partial charge in [-0.2, -0.15) is 4.98 Å². The first kappa shape index (κ1) is 28.2. The molecule has 2 aromatic rings. The Morgan fingerprint density at radius 1 is 0.923 bits per heavy atom. The van der Waals surface area contributed by atoms with E-state index in [0.29, 0.717) is 18.7 Å². The van der Waals surface area contributed by atoms with Crippen molar-refractivity contribution in [2.75, 3.05) is 89.9 Å². The van der Waals surface area contributed by atoms with Crippen molar-refractivity contribution in [3.8, 4) is 11.5 Å². The van der Waals surface area contributed by atoms with Gasteiger partial charge in [0.2, 0.25) is 5.95 Å². The molecule has 3 fully saturated rings. The zero-order valence-corrected chi connectivity index (χ0v) is 24.6. The van der Waals surface area contributed by atoms with Gasteiger partial charge < -0.3 is 34.4 Å². The number of methoxy groups -OCH3 is 1. The summed E-state index contributed by atoms with van der Waals surface area (Å²) < 4.78 is 12.1. The summed E-state index contributed by atoms with van der Waals surface area (Å²) >= 11 is 0. The topological polar surface area (TPSA) is 69.2 Å². The molecular weight excluding hydrogens is 490 g/mol. The Bertz CT molecular complexity index is 1060. The number of likely N-dealkylation sites (tertiary alicyclic amines) is 2. The van der Waals surface area contributed by atoms with Gasteiger partial charge in [0, 0.05) is 69.3 Å². The van der Waals surface area contributed by atoms with Crippen molar-refractivity contribution in [1.82, 2.24) is 24.7 Å². The van der Waals surface area contributed by atoms with Crippen LogP contribution in [-0.2, 0) is 0 Å². The molecule has 1 N–H and O–H groups in total. The third-order valence-corrected chi connectivity index (χ3v) is 8.68. The quantitative estimate of drug-likeness (QED) is 0.452. The fourth-order valence-corrected chi connectivity index (χ4v) is 6.06. The summed E-state index contributed by atoms with van der Waals surface area (Å²) in [6.45, 7) is 14.9. The average Bonchev–Trinajstić information content (AvgIpc) is 2.96. The number of anilines is 2. The van der Waals surface area contributed by atoms with Crippen LogP contribution in [0.3, 0.4) is 0 Å². The number of hydrogen-bond donors (Lipinski definition) is 1. The van der Waals surface area contributed by atoms with Crippen LogP contribution in [0.2, 0.25) is 0 Å². The van der Waals surface area contributed by atoms with E-state index < -0.39 is 0 Å². The molecular formula is C30H49N7O2. The molecule has 0 spiro atoms. The van der Waals surface area contributed by atoms with E-state index in [1.165, 1.54) is 32.4 Å². The van der Waals surface area contributed by atoms with Crippen LogP contribution in [-0.4, -0.2) is 116 Å². The standard InChI is InChI=1S/C30H49N7O2/c1-23(2)36-14-9-24(10-15-36)31-29-25-21-27(38-4)28(39-20-8-13-35-11-6-5-7-12-35)22-26(25)32-30(33-29)37-18-16-34(3)17-19-37/h21-24H,5-20H2,1-4H3,(H,31,32,33). The molecule has 4 heterocycles. The average molecular weight is 540 g/mol. The number of benzene rings is 1. The zero-order chi connectivity index (χ0) is 27.2. The molecule has 0 aliphatic carbocycles. The molecule has 1 aromatic carbocycles. The molecule has 216 valence electrons. The monoisotopic (exact) mass is 539 g/mol. The number of nitrogens with one attached hydrogen (secondary N) is 1. The number of nitrogens with zero attached hydrogens (tertiary/aromatic N) is 6.